The normalized spacial score (nSPS) is 11.6. The molecule has 2 aromatic carbocycles. The number of H-pyrrole nitrogens is 1. The average molecular weight is 401 g/mol. The molecule has 1 heterocycles. The molecule has 8 nitrogen and oxygen atoms in total. The third-order valence-electron chi connectivity index (χ3n) is 4.67. The van der Waals surface area contributed by atoms with E-state index in [9.17, 15) is 23.3 Å². The predicted octanol–water partition coefficient (Wildman–Crippen LogP) is 2.57. The maximum Gasteiger partial charge on any atom is 0.269 e. The minimum Gasteiger partial charge on any atom is -0.321 e. The third kappa shape index (κ3) is 3.95. The molecule has 0 radical (unpaired) electrons. The molecule has 28 heavy (non-hydrogen) atoms. The Morgan fingerprint density at radius 3 is 2.43 bits per heavy atom. The lowest BCUT2D eigenvalue weighted by molar-refractivity contribution is -0.384. The number of sulfonamides is 1. The van der Waals surface area contributed by atoms with E-state index in [1.165, 1.54) is 12.1 Å². The smallest absolute Gasteiger partial charge is 0.269 e. The van der Waals surface area contributed by atoms with Gasteiger partial charge in [0.15, 0.2) is 0 Å². The predicted molar refractivity (Wildman–Crippen MR) is 106 cm³/mol. The Balaban J connectivity index is 1.75. The van der Waals surface area contributed by atoms with Crippen molar-refractivity contribution in [3.05, 3.63) is 79.6 Å². The van der Waals surface area contributed by atoms with Gasteiger partial charge in [-0.1, -0.05) is 12.1 Å². The van der Waals surface area contributed by atoms with Crippen molar-refractivity contribution in [3.8, 4) is 0 Å². The number of benzene rings is 2. The summed E-state index contributed by atoms with van der Waals surface area (Å²) < 4.78 is 27.0. The number of rotatable bonds is 6. The summed E-state index contributed by atoms with van der Waals surface area (Å²) in [5.74, 6) is 0. The van der Waals surface area contributed by atoms with Crippen LogP contribution in [0.1, 0.15) is 16.7 Å². The highest BCUT2D eigenvalue weighted by Crippen LogP contribution is 2.19. The summed E-state index contributed by atoms with van der Waals surface area (Å²) in [6.07, 6.45) is 0.213. The maximum atomic E-state index is 12.3. The van der Waals surface area contributed by atoms with Crippen LogP contribution in [0.2, 0.25) is 0 Å². The first-order valence-corrected chi connectivity index (χ1v) is 10.0. The first-order valence-electron chi connectivity index (χ1n) is 8.55. The summed E-state index contributed by atoms with van der Waals surface area (Å²) in [4.78, 5) is 25.2. The van der Waals surface area contributed by atoms with Crippen molar-refractivity contribution in [3.63, 3.8) is 0 Å². The summed E-state index contributed by atoms with van der Waals surface area (Å²) in [6, 6.07) is 10.3. The Hall–Kier alpha value is -3.04. The van der Waals surface area contributed by atoms with Crippen molar-refractivity contribution < 1.29 is 13.3 Å². The van der Waals surface area contributed by atoms with Crippen LogP contribution < -0.4 is 10.3 Å². The molecule has 146 valence electrons. The molecule has 0 unspecified atom stereocenters. The molecule has 0 aliphatic heterocycles. The van der Waals surface area contributed by atoms with Crippen LogP contribution in [0.25, 0.3) is 10.9 Å². The van der Waals surface area contributed by atoms with Gasteiger partial charge in [0.25, 0.3) is 11.2 Å². The number of aromatic nitrogens is 1. The molecule has 9 heteroatoms. The zero-order valence-corrected chi connectivity index (χ0v) is 16.2. The monoisotopic (exact) mass is 401 g/mol. The zero-order chi connectivity index (χ0) is 20.5. The van der Waals surface area contributed by atoms with E-state index in [0.29, 0.717) is 5.56 Å². The van der Waals surface area contributed by atoms with E-state index in [2.05, 4.69) is 9.71 Å². The highest BCUT2D eigenvalue weighted by Gasteiger charge is 2.16. The van der Waals surface area contributed by atoms with Gasteiger partial charge < -0.3 is 4.98 Å². The number of nitrogens with one attached hydrogen (secondary N) is 2. The van der Waals surface area contributed by atoms with Gasteiger partial charge in [-0.3, -0.25) is 14.9 Å². The van der Waals surface area contributed by atoms with Crippen LogP contribution >= 0.6 is 0 Å². The fourth-order valence-corrected chi connectivity index (χ4v) is 3.94. The number of pyridine rings is 1. The second-order valence-electron chi connectivity index (χ2n) is 6.49. The quantitative estimate of drug-likeness (QED) is 0.485. The van der Waals surface area contributed by atoms with Crippen molar-refractivity contribution in [2.75, 3.05) is 6.54 Å². The lowest BCUT2D eigenvalue weighted by Gasteiger charge is -2.09. The Bertz CT molecular complexity index is 1210. The molecular formula is C19H19N3O5S. The lowest BCUT2D eigenvalue weighted by Crippen LogP contribution is -2.27. The highest BCUT2D eigenvalue weighted by atomic mass is 32.2. The SMILES string of the molecule is Cc1ccc2cc(CCNS(=O)(=O)c3ccc([N+](=O)[O-])cc3)c(=O)[nH]c2c1C. The van der Waals surface area contributed by atoms with Crippen molar-refractivity contribution in [1.29, 1.82) is 0 Å². The second-order valence-corrected chi connectivity index (χ2v) is 8.26. The first kappa shape index (κ1) is 19.7. The molecule has 0 bridgehead atoms. The number of hydrogen-bond acceptors (Lipinski definition) is 5. The minimum absolute atomic E-state index is 0.0265. The van der Waals surface area contributed by atoms with Gasteiger partial charge in [-0.05, 0) is 55.0 Å². The van der Waals surface area contributed by atoms with Crippen molar-refractivity contribution >= 4 is 26.6 Å². The molecule has 3 aromatic rings. The molecule has 2 N–H and O–H groups in total. The minimum atomic E-state index is -3.83. The largest absolute Gasteiger partial charge is 0.321 e. The molecule has 0 atom stereocenters. The van der Waals surface area contributed by atoms with Gasteiger partial charge in [-0.25, -0.2) is 13.1 Å². The van der Waals surface area contributed by atoms with E-state index < -0.39 is 14.9 Å². The fraction of sp³-hybridized carbons (Fsp3) is 0.211. The zero-order valence-electron chi connectivity index (χ0n) is 15.4. The molecule has 0 fully saturated rings. The molecule has 1 aromatic heterocycles. The van der Waals surface area contributed by atoms with E-state index in [0.717, 1.165) is 34.2 Å². The maximum absolute atomic E-state index is 12.3. The average Bonchev–Trinajstić information content (AvgIpc) is 2.66. The van der Waals surface area contributed by atoms with Crippen LogP contribution in [-0.2, 0) is 16.4 Å². The van der Waals surface area contributed by atoms with Crippen LogP contribution in [0.3, 0.4) is 0 Å². The van der Waals surface area contributed by atoms with Gasteiger partial charge in [-0.15, -0.1) is 0 Å². The molecule has 0 aliphatic carbocycles. The van der Waals surface area contributed by atoms with Crippen LogP contribution in [0, 0.1) is 24.0 Å². The first-order chi connectivity index (χ1) is 13.2. The molecule has 0 saturated carbocycles. The number of hydrogen-bond donors (Lipinski definition) is 2. The number of non-ortho nitro benzene ring substituents is 1. The van der Waals surface area contributed by atoms with Crippen molar-refractivity contribution in [2.45, 2.75) is 25.2 Å². The van der Waals surface area contributed by atoms with Gasteiger partial charge >= 0.3 is 0 Å². The summed E-state index contributed by atoms with van der Waals surface area (Å²) in [6.45, 7) is 3.93. The van der Waals surface area contributed by atoms with Crippen LogP contribution in [0.5, 0.6) is 0 Å². The van der Waals surface area contributed by atoms with Crippen LogP contribution in [0.4, 0.5) is 5.69 Å². The molecule has 0 saturated heterocycles. The summed E-state index contributed by atoms with van der Waals surface area (Å²) in [5, 5.41) is 11.5. The standard InChI is InChI=1S/C19H19N3O5S/c1-12-3-4-14-11-15(19(23)21-18(14)13(12)2)9-10-20-28(26,27)17-7-5-16(6-8-17)22(24)25/h3-8,11,20H,9-10H2,1-2H3,(H,21,23). The van der Waals surface area contributed by atoms with E-state index >= 15 is 0 Å². The Labute approximate surface area is 161 Å². The molecule has 3 rings (SSSR count). The van der Waals surface area contributed by atoms with Crippen molar-refractivity contribution in [2.24, 2.45) is 0 Å². The van der Waals surface area contributed by atoms with Gasteiger partial charge in [0.05, 0.1) is 15.3 Å². The Kier molecular flexibility index (Phi) is 5.30. The van der Waals surface area contributed by atoms with Gasteiger partial charge in [-0.2, -0.15) is 0 Å². The number of aromatic amines is 1. The Morgan fingerprint density at radius 1 is 1.11 bits per heavy atom. The number of aryl methyl sites for hydroxylation is 2. The van der Waals surface area contributed by atoms with E-state index in [1.807, 2.05) is 26.0 Å². The Morgan fingerprint density at radius 2 is 1.79 bits per heavy atom. The van der Waals surface area contributed by atoms with Gasteiger partial charge in [0.1, 0.15) is 0 Å². The summed E-state index contributed by atoms with van der Waals surface area (Å²) >= 11 is 0. The van der Waals surface area contributed by atoms with Gasteiger partial charge in [0.2, 0.25) is 10.0 Å². The summed E-state index contributed by atoms with van der Waals surface area (Å²) in [5.41, 5.74) is 2.89. The van der Waals surface area contributed by atoms with E-state index in [4.69, 9.17) is 0 Å². The number of nitro benzene ring substituents is 1. The van der Waals surface area contributed by atoms with Crippen molar-refractivity contribution in [1.82, 2.24) is 9.71 Å². The van der Waals surface area contributed by atoms with E-state index in [1.54, 1.807) is 6.07 Å². The lowest BCUT2D eigenvalue weighted by atomic mass is 10.0. The summed E-state index contributed by atoms with van der Waals surface area (Å²) in [7, 11) is -3.83. The highest BCUT2D eigenvalue weighted by molar-refractivity contribution is 7.89. The van der Waals surface area contributed by atoms with Gasteiger partial charge in [0, 0.05) is 24.2 Å². The van der Waals surface area contributed by atoms with E-state index in [-0.39, 0.29) is 29.1 Å². The number of nitrogens with zero attached hydrogens (tertiary/aromatic N) is 1. The van der Waals surface area contributed by atoms with Crippen LogP contribution in [0.15, 0.2) is 52.2 Å². The molecule has 0 spiro atoms. The second kappa shape index (κ2) is 7.53. The number of fused-ring (bicyclic) bond motifs is 1. The third-order valence-corrected chi connectivity index (χ3v) is 6.15. The molecule has 0 aliphatic rings. The number of nitro groups is 1. The topological polar surface area (TPSA) is 122 Å². The fourth-order valence-electron chi connectivity index (χ4n) is 2.91. The van der Waals surface area contributed by atoms with Crippen LogP contribution in [-0.4, -0.2) is 24.9 Å². The molecular weight excluding hydrogens is 382 g/mol. The molecule has 0 amide bonds.